The molecule has 11 heavy (non-hydrogen) atoms. The Bertz CT molecular complexity index is 216. The lowest BCUT2D eigenvalue weighted by atomic mass is 10.2. The first-order valence-corrected chi connectivity index (χ1v) is 4.79. The zero-order chi connectivity index (χ0) is 8.10. The van der Waals surface area contributed by atoms with Crippen LogP contribution in [-0.4, -0.2) is 17.8 Å². The van der Waals surface area contributed by atoms with Gasteiger partial charge in [0, 0.05) is 12.2 Å². The topological polar surface area (TPSA) is 30.2 Å². The van der Waals surface area contributed by atoms with Gasteiger partial charge in [-0.25, -0.2) is 0 Å². The summed E-state index contributed by atoms with van der Waals surface area (Å²) in [4.78, 5) is 11.2. The average Bonchev–Trinajstić information content (AvgIpc) is 2.52. The molecule has 0 N–H and O–H groups in total. The van der Waals surface area contributed by atoms with Gasteiger partial charge in [-0.1, -0.05) is 0 Å². The van der Waals surface area contributed by atoms with Crippen molar-refractivity contribution in [1.82, 2.24) is 0 Å². The minimum atomic E-state index is 0.0874. The van der Waals surface area contributed by atoms with Crippen LogP contribution in [-0.2, 0) is 0 Å². The van der Waals surface area contributed by atoms with Crippen LogP contribution in [0.15, 0.2) is 22.8 Å². The predicted octanol–water partition coefficient (Wildman–Crippen LogP) is 2.22. The number of carbonyl (C=O) groups is 1. The number of thioether (sulfide) groups is 1. The van der Waals surface area contributed by atoms with E-state index in [0.29, 0.717) is 12.2 Å². The maximum Gasteiger partial charge on any atom is 0.198 e. The van der Waals surface area contributed by atoms with Gasteiger partial charge < -0.3 is 4.42 Å². The SMILES string of the molecule is CSCCC(=O)c1ccco1. The highest BCUT2D eigenvalue weighted by atomic mass is 32.2. The van der Waals surface area contributed by atoms with Crippen molar-refractivity contribution >= 4 is 17.5 Å². The van der Waals surface area contributed by atoms with Crippen LogP contribution in [0, 0.1) is 0 Å². The lowest BCUT2D eigenvalue weighted by molar-refractivity contribution is 0.0963. The fourth-order valence-corrected chi connectivity index (χ4v) is 1.14. The van der Waals surface area contributed by atoms with Gasteiger partial charge in [0.1, 0.15) is 0 Å². The van der Waals surface area contributed by atoms with Gasteiger partial charge in [-0.2, -0.15) is 11.8 Å². The standard InChI is InChI=1S/C8H10O2S/c1-11-6-4-7(9)8-3-2-5-10-8/h2-3,5H,4,6H2,1H3. The second kappa shape index (κ2) is 4.23. The molecule has 0 spiro atoms. The maximum absolute atomic E-state index is 11.2. The van der Waals surface area contributed by atoms with Crippen LogP contribution in [0.3, 0.4) is 0 Å². The summed E-state index contributed by atoms with van der Waals surface area (Å²) >= 11 is 1.66. The zero-order valence-corrected chi connectivity index (χ0v) is 7.19. The van der Waals surface area contributed by atoms with Crippen LogP contribution in [0.1, 0.15) is 17.0 Å². The van der Waals surface area contributed by atoms with Gasteiger partial charge in [0.2, 0.25) is 0 Å². The fraction of sp³-hybridized carbons (Fsp3) is 0.375. The molecule has 1 aromatic rings. The minimum absolute atomic E-state index is 0.0874. The van der Waals surface area contributed by atoms with Gasteiger partial charge in [0.15, 0.2) is 11.5 Å². The molecule has 0 aliphatic rings. The fourth-order valence-electron chi connectivity index (χ4n) is 0.755. The van der Waals surface area contributed by atoms with E-state index in [1.165, 1.54) is 6.26 Å². The highest BCUT2D eigenvalue weighted by Crippen LogP contribution is 2.06. The number of rotatable bonds is 4. The van der Waals surface area contributed by atoms with Crippen molar-refractivity contribution in [3.05, 3.63) is 24.2 Å². The predicted molar refractivity (Wildman–Crippen MR) is 46.0 cm³/mol. The molecule has 0 atom stereocenters. The van der Waals surface area contributed by atoms with Crippen molar-refractivity contribution in [2.45, 2.75) is 6.42 Å². The van der Waals surface area contributed by atoms with E-state index < -0.39 is 0 Å². The highest BCUT2D eigenvalue weighted by Gasteiger charge is 2.06. The number of hydrogen-bond acceptors (Lipinski definition) is 3. The van der Waals surface area contributed by atoms with Gasteiger partial charge in [0.25, 0.3) is 0 Å². The molecule has 0 aliphatic carbocycles. The van der Waals surface area contributed by atoms with Gasteiger partial charge in [-0.05, 0) is 18.4 Å². The molecule has 0 amide bonds. The Morgan fingerprint density at radius 3 is 3.09 bits per heavy atom. The summed E-state index contributed by atoms with van der Waals surface area (Å²) in [5, 5.41) is 0. The number of carbonyl (C=O) groups excluding carboxylic acids is 1. The monoisotopic (exact) mass is 170 g/mol. The molecule has 3 heteroatoms. The van der Waals surface area contributed by atoms with E-state index in [9.17, 15) is 4.79 Å². The van der Waals surface area contributed by atoms with Crippen LogP contribution in [0.25, 0.3) is 0 Å². The van der Waals surface area contributed by atoms with Crippen LogP contribution < -0.4 is 0 Å². The smallest absolute Gasteiger partial charge is 0.198 e. The Morgan fingerprint density at radius 1 is 1.73 bits per heavy atom. The molecule has 1 aromatic heterocycles. The van der Waals surface area contributed by atoms with E-state index in [1.54, 1.807) is 23.9 Å². The summed E-state index contributed by atoms with van der Waals surface area (Å²) in [5.41, 5.74) is 0. The molecular weight excluding hydrogens is 160 g/mol. The lowest BCUT2D eigenvalue weighted by Crippen LogP contribution is -1.97. The summed E-state index contributed by atoms with van der Waals surface area (Å²) in [5.74, 6) is 1.42. The second-order valence-electron chi connectivity index (χ2n) is 2.14. The van der Waals surface area contributed by atoms with Crippen LogP contribution in [0.4, 0.5) is 0 Å². The van der Waals surface area contributed by atoms with Crippen molar-refractivity contribution in [2.24, 2.45) is 0 Å². The molecule has 0 unspecified atom stereocenters. The average molecular weight is 170 g/mol. The van der Waals surface area contributed by atoms with E-state index in [-0.39, 0.29) is 5.78 Å². The van der Waals surface area contributed by atoms with Crippen molar-refractivity contribution in [1.29, 1.82) is 0 Å². The molecule has 0 fully saturated rings. The Hall–Kier alpha value is -0.700. The first kappa shape index (κ1) is 8.40. The Balaban J connectivity index is 2.43. The Morgan fingerprint density at radius 2 is 2.55 bits per heavy atom. The molecule has 0 aliphatic heterocycles. The zero-order valence-electron chi connectivity index (χ0n) is 6.37. The summed E-state index contributed by atoms with van der Waals surface area (Å²) in [6.07, 6.45) is 4.07. The molecule has 1 rings (SSSR count). The normalized spacial score (nSPS) is 9.91. The van der Waals surface area contributed by atoms with Crippen molar-refractivity contribution in [3.63, 3.8) is 0 Å². The summed E-state index contributed by atoms with van der Waals surface area (Å²) in [7, 11) is 0. The molecule has 0 bridgehead atoms. The van der Waals surface area contributed by atoms with E-state index in [2.05, 4.69) is 0 Å². The van der Waals surface area contributed by atoms with E-state index in [4.69, 9.17) is 4.42 Å². The van der Waals surface area contributed by atoms with Gasteiger partial charge in [-0.15, -0.1) is 0 Å². The lowest BCUT2D eigenvalue weighted by Gasteiger charge is -1.93. The van der Waals surface area contributed by atoms with Crippen LogP contribution in [0.5, 0.6) is 0 Å². The van der Waals surface area contributed by atoms with E-state index in [1.807, 2.05) is 6.26 Å². The van der Waals surface area contributed by atoms with Crippen molar-refractivity contribution < 1.29 is 9.21 Å². The molecule has 60 valence electrons. The quantitative estimate of drug-likeness (QED) is 0.649. The number of Topliss-reactive ketones (excluding diaryl/α,β-unsaturated/α-hetero) is 1. The molecule has 0 radical (unpaired) electrons. The third-order valence-electron chi connectivity index (χ3n) is 1.33. The number of hydrogen-bond donors (Lipinski definition) is 0. The van der Waals surface area contributed by atoms with Crippen LogP contribution in [0.2, 0.25) is 0 Å². The Labute approximate surface area is 70.0 Å². The molecule has 1 heterocycles. The minimum Gasteiger partial charge on any atom is -0.461 e. The molecule has 0 saturated carbocycles. The van der Waals surface area contributed by atoms with Gasteiger partial charge in [0.05, 0.1) is 6.26 Å². The summed E-state index contributed by atoms with van der Waals surface area (Å²) in [6.45, 7) is 0. The van der Waals surface area contributed by atoms with Crippen molar-refractivity contribution in [2.75, 3.05) is 12.0 Å². The number of furan rings is 1. The largest absolute Gasteiger partial charge is 0.461 e. The number of ketones is 1. The summed E-state index contributed by atoms with van der Waals surface area (Å²) in [6, 6.07) is 3.43. The van der Waals surface area contributed by atoms with Gasteiger partial charge >= 0.3 is 0 Å². The van der Waals surface area contributed by atoms with Crippen molar-refractivity contribution in [3.8, 4) is 0 Å². The molecule has 0 aromatic carbocycles. The third kappa shape index (κ3) is 2.42. The first-order chi connectivity index (χ1) is 5.34. The molecule has 2 nitrogen and oxygen atoms in total. The van der Waals surface area contributed by atoms with E-state index >= 15 is 0 Å². The molecular formula is C8H10O2S. The second-order valence-corrected chi connectivity index (χ2v) is 3.13. The van der Waals surface area contributed by atoms with Gasteiger partial charge in [-0.3, -0.25) is 4.79 Å². The Kier molecular flexibility index (Phi) is 3.23. The maximum atomic E-state index is 11.2. The molecule has 0 saturated heterocycles. The highest BCUT2D eigenvalue weighted by molar-refractivity contribution is 7.98. The van der Waals surface area contributed by atoms with E-state index in [0.717, 1.165) is 5.75 Å². The summed E-state index contributed by atoms with van der Waals surface area (Å²) < 4.78 is 4.93. The van der Waals surface area contributed by atoms with Crippen LogP contribution >= 0.6 is 11.8 Å². The first-order valence-electron chi connectivity index (χ1n) is 3.40. The third-order valence-corrected chi connectivity index (χ3v) is 1.94.